The van der Waals surface area contributed by atoms with Crippen molar-refractivity contribution in [2.75, 3.05) is 19.7 Å². The zero-order valence-corrected chi connectivity index (χ0v) is 24.5. The lowest BCUT2D eigenvalue weighted by molar-refractivity contribution is -0.132. The predicted molar refractivity (Wildman–Crippen MR) is 162 cm³/mol. The zero-order chi connectivity index (χ0) is 30.9. The Balaban J connectivity index is 1.29. The van der Waals surface area contributed by atoms with Crippen LogP contribution in [0.4, 0.5) is 17.6 Å². The van der Waals surface area contributed by atoms with E-state index in [1.54, 1.807) is 54.6 Å². The first-order chi connectivity index (χ1) is 21.3. The van der Waals surface area contributed by atoms with Gasteiger partial charge in [0, 0.05) is 37.3 Å². The molecule has 0 aliphatic carbocycles. The number of piperidine rings is 1. The van der Waals surface area contributed by atoms with E-state index in [1.807, 2.05) is 4.90 Å². The van der Waals surface area contributed by atoms with E-state index < -0.39 is 18.5 Å². The Hall–Kier alpha value is -4.21. The highest BCUT2D eigenvalue weighted by Gasteiger charge is 2.32. The Morgan fingerprint density at radius 3 is 2.36 bits per heavy atom. The molecule has 0 spiro atoms. The number of nitrogens with one attached hydrogen (secondary N) is 1. The lowest BCUT2D eigenvalue weighted by Gasteiger charge is -2.26. The highest BCUT2D eigenvalue weighted by atomic mass is 19.4. The quantitative estimate of drug-likeness (QED) is 0.0997. The molecule has 232 valence electrons. The van der Waals surface area contributed by atoms with Crippen LogP contribution in [0.2, 0.25) is 0 Å². The number of alkyl halides is 3. The fourth-order valence-electron chi connectivity index (χ4n) is 5.65. The summed E-state index contributed by atoms with van der Waals surface area (Å²) in [5.74, 6) is -0.0466. The van der Waals surface area contributed by atoms with E-state index in [0.29, 0.717) is 46.7 Å². The third-order valence-corrected chi connectivity index (χ3v) is 7.87. The van der Waals surface area contributed by atoms with Crippen LogP contribution in [0.1, 0.15) is 74.5 Å². The van der Waals surface area contributed by atoms with Crippen LogP contribution in [0.15, 0.2) is 66.9 Å². The Morgan fingerprint density at radius 2 is 1.64 bits per heavy atom. The molecule has 10 heteroatoms. The second-order valence-electron chi connectivity index (χ2n) is 11.1. The molecule has 0 atom stereocenters. The van der Waals surface area contributed by atoms with Crippen molar-refractivity contribution in [2.24, 2.45) is 0 Å². The number of fused-ring (bicyclic) bond motifs is 1. The lowest BCUT2D eigenvalue weighted by atomic mass is 9.88. The molecule has 0 saturated carbocycles. The molecule has 3 heterocycles. The van der Waals surface area contributed by atoms with Crippen LogP contribution < -0.4 is 4.74 Å². The number of benzene rings is 2. The molecule has 6 nitrogen and oxygen atoms in total. The van der Waals surface area contributed by atoms with Crippen molar-refractivity contribution in [3.05, 3.63) is 89.5 Å². The summed E-state index contributed by atoms with van der Waals surface area (Å²) >= 11 is 0. The summed E-state index contributed by atoms with van der Waals surface area (Å²) in [5, 5.41) is 6.37. The standard InChI is InChI=1S/C34H36F4N4O2/c35-33-27-21-25(14-16-29(27)40-41-33)32(28(22-34(36,37)38)24-11-5-3-6-12-24)26-15-17-30(39-23-26)44-20-10-2-1-7-13-31(43)42-18-8-4-9-19-42/h3,5-6,11-12,14-17,21,23H,1-2,4,7-10,13,18-20,22H2,(H,40,41)/b32-28-. The van der Waals surface area contributed by atoms with Gasteiger partial charge in [-0.2, -0.15) is 22.7 Å². The monoisotopic (exact) mass is 608 g/mol. The molecule has 1 aliphatic rings. The van der Waals surface area contributed by atoms with Gasteiger partial charge in [-0.25, -0.2) is 4.98 Å². The van der Waals surface area contributed by atoms with Crippen LogP contribution >= 0.6 is 0 Å². The van der Waals surface area contributed by atoms with Gasteiger partial charge in [-0.1, -0.05) is 49.2 Å². The molecule has 5 rings (SSSR count). The Labute approximate surface area is 254 Å². The SMILES string of the molecule is O=C(CCCCCCOc1ccc(/C(=C(/CC(F)(F)F)c2ccccc2)c2ccc3n[nH]c(F)c3c2)cn1)N1CCCCC1. The van der Waals surface area contributed by atoms with Crippen LogP contribution in [0, 0.1) is 5.95 Å². The van der Waals surface area contributed by atoms with Gasteiger partial charge < -0.3 is 9.64 Å². The second kappa shape index (κ2) is 14.5. The fourth-order valence-corrected chi connectivity index (χ4v) is 5.65. The minimum atomic E-state index is -4.49. The van der Waals surface area contributed by atoms with Crippen LogP contribution in [0.5, 0.6) is 5.88 Å². The number of rotatable bonds is 12. The van der Waals surface area contributed by atoms with Gasteiger partial charge in [0.15, 0.2) is 0 Å². The molecule has 1 saturated heterocycles. The van der Waals surface area contributed by atoms with E-state index in [-0.39, 0.29) is 16.9 Å². The van der Waals surface area contributed by atoms with Crippen molar-refractivity contribution in [3.8, 4) is 5.88 Å². The minimum Gasteiger partial charge on any atom is -0.478 e. The zero-order valence-electron chi connectivity index (χ0n) is 24.5. The average Bonchev–Trinajstić information content (AvgIpc) is 3.41. The largest absolute Gasteiger partial charge is 0.478 e. The van der Waals surface area contributed by atoms with Gasteiger partial charge in [-0.05, 0) is 72.6 Å². The number of unbranched alkanes of at least 4 members (excludes halogenated alkanes) is 3. The first-order valence-electron chi connectivity index (χ1n) is 15.1. The molecule has 2 aromatic carbocycles. The van der Waals surface area contributed by atoms with Crippen molar-refractivity contribution >= 4 is 28.0 Å². The van der Waals surface area contributed by atoms with Gasteiger partial charge in [0.25, 0.3) is 0 Å². The molecular formula is C34H36F4N4O2. The number of allylic oxidation sites excluding steroid dienone is 1. The molecular weight excluding hydrogens is 572 g/mol. The molecule has 1 amide bonds. The molecule has 4 aromatic rings. The number of ether oxygens (including phenoxy) is 1. The van der Waals surface area contributed by atoms with Crippen molar-refractivity contribution in [1.82, 2.24) is 20.1 Å². The van der Waals surface area contributed by atoms with Gasteiger partial charge in [-0.3, -0.25) is 9.89 Å². The van der Waals surface area contributed by atoms with Crippen molar-refractivity contribution in [2.45, 2.75) is 64.0 Å². The van der Waals surface area contributed by atoms with E-state index >= 15 is 0 Å². The van der Waals surface area contributed by atoms with E-state index in [1.165, 1.54) is 18.7 Å². The number of hydrogen-bond acceptors (Lipinski definition) is 4. The number of pyridine rings is 1. The topological polar surface area (TPSA) is 71.1 Å². The highest BCUT2D eigenvalue weighted by molar-refractivity contribution is 6.00. The number of carbonyl (C=O) groups excluding carboxylic acids is 1. The Kier molecular flexibility index (Phi) is 10.3. The number of amides is 1. The van der Waals surface area contributed by atoms with Gasteiger partial charge in [0.05, 0.1) is 23.9 Å². The smallest absolute Gasteiger partial charge is 0.393 e. The summed E-state index contributed by atoms with van der Waals surface area (Å²) in [7, 11) is 0. The molecule has 1 fully saturated rings. The molecule has 0 unspecified atom stereocenters. The number of aromatic nitrogens is 3. The molecule has 1 N–H and O–H groups in total. The van der Waals surface area contributed by atoms with Crippen LogP contribution in [-0.4, -0.2) is 51.9 Å². The fraction of sp³-hybridized carbons (Fsp3) is 0.382. The predicted octanol–water partition coefficient (Wildman–Crippen LogP) is 8.35. The molecule has 0 radical (unpaired) electrons. The van der Waals surface area contributed by atoms with Gasteiger partial charge >= 0.3 is 6.18 Å². The number of nitrogens with zero attached hydrogens (tertiary/aromatic N) is 3. The summed E-state index contributed by atoms with van der Waals surface area (Å²) in [6, 6.07) is 16.4. The molecule has 1 aliphatic heterocycles. The second-order valence-corrected chi connectivity index (χ2v) is 11.1. The Morgan fingerprint density at radius 1 is 0.886 bits per heavy atom. The maximum Gasteiger partial charge on any atom is 0.393 e. The number of halogens is 4. The summed E-state index contributed by atoms with van der Waals surface area (Å²) in [6.07, 6.45) is 3.31. The summed E-state index contributed by atoms with van der Waals surface area (Å²) in [6.45, 7) is 2.20. The van der Waals surface area contributed by atoms with Crippen molar-refractivity contribution < 1.29 is 27.1 Å². The number of likely N-dealkylation sites (tertiary alicyclic amines) is 1. The van der Waals surface area contributed by atoms with Crippen LogP contribution in [0.3, 0.4) is 0 Å². The molecule has 2 aromatic heterocycles. The lowest BCUT2D eigenvalue weighted by Crippen LogP contribution is -2.35. The average molecular weight is 609 g/mol. The normalized spacial score (nSPS) is 14.5. The van der Waals surface area contributed by atoms with E-state index in [9.17, 15) is 22.4 Å². The van der Waals surface area contributed by atoms with Crippen LogP contribution in [0.25, 0.3) is 22.0 Å². The first kappa shape index (κ1) is 31.2. The number of hydrogen-bond donors (Lipinski definition) is 1. The van der Waals surface area contributed by atoms with E-state index in [4.69, 9.17) is 4.74 Å². The number of aromatic amines is 1. The molecule has 0 bridgehead atoms. The summed E-state index contributed by atoms with van der Waals surface area (Å²) in [4.78, 5) is 18.7. The van der Waals surface area contributed by atoms with E-state index in [0.717, 1.165) is 51.6 Å². The number of carbonyl (C=O) groups is 1. The summed E-state index contributed by atoms with van der Waals surface area (Å²) in [5.41, 5.74) is 1.99. The van der Waals surface area contributed by atoms with Crippen LogP contribution in [-0.2, 0) is 4.79 Å². The summed E-state index contributed by atoms with van der Waals surface area (Å²) < 4.78 is 62.0. The van der Waals surface area contributed by atoms with Crippen molar-refractivity contribution in [3.63, 3.8) is 0 Å². The first-order valence-corrected chi connectivity index (χ1v) is 15.1. The van der Waals surface area contributed by atoms with Gasteiger partial charge in [0.2, 0.25) is 17.7 Å². The third-order valence-electron chi connectivity index (χ3n) is 7.87. The third kappa shape index (κ3) is 8.24. The minimum absolute atomic E-state index is 0.0515. The maximum absolute atomic E-state index is 14.4. The molecule has 44 heavy (non-hydrogen) atoms. The van der Waals surface area contributed by atoms with E-state index in [2.05, 4.69) is 15.2 Å². The Bertz CT molecular complexity index is 1560. The maximum atomic E-state index is 14.4. The van der Waals surface area contributed by atoms with Crippen molar-refractivity contribution in [1.29, 1.82) is 0 Å². The van der Waals surface area contributed by atoms with Gasteiger partial charge in [0.1, 0.15) is 0 Å². The highest BCUT2D eigenvalue weighted by Crippen LogP contribution is 2.40. The number of H-pyrrole nitrogens is 1. The van der Waals surface area contributed by atoms with Gasteiger partial charge in [-0.15, -0.1) is 0 Å².